The Morgan fingerprint density at radius 3 is 2.42 bits per heavy atom. The van der Waals surface area contributed by atoms with Gasteiger partial charge in [-0.3, -0.25) is 4.72 Å². The lowest BCUT2D eigenvalue weighted by Crippen LogP contribution is -2.37. The van der Waals surface area contributed by atoms with Crippen molar-refractivity contribution in [2.45, 2.75) is 4.90 Å². The Bertz CT molecular complexity index is 935. The molecule has 2 aromatic carbocycles. The Morgan fingerprint density at radius 2 is 1.73 bits per heavy atom. The van der Waals surface area contributed by atoms with Crippen molar-refractivity contribution in [1.29, 1.82) is 0 Å². The minimum atomic E-state index is -4.51. The molecule has 0 saturated carbocycles. The first kappa shape index (κ1) is 18.8. The Hall–Kier alpha value is -1.97. The molecule has 5 nitrogen and oxygen atoms in total. The van der Waals surface area contributed by atoms with E-state index in [1.807, 2.05) is 4.90 Å². The number of anilines is 2. The third-order valence-corrected chi connectivity index (χ3v) is 5.54. The number of sulfonamides is 1. The number of hydrogen-bond donors (Lipinski definition) is 1. The van der Waals surface area contributed by atoms with Gasteiger partial charge in [-0.05, 0) is 24.3 Å². The summed E-state index contributed by atoms with van der Waals surface area (Å²) in [5.41, 5.74) is 0.507. The molecule has 1 aliphatic rings. The van der Waals surface area contributed by atoms with Crippen molar-refractivity contribution in [2.24, 2.45) is 0 Å². The molecule has 0 atom stereocenters. The molecule has 1 heterocycles. The van der Waals surface area contributed by atoms with Crippen LogP contribution in [-0.4, -0.2) is 34.7 Å². The van der Waals surface area contributed by atoms with E-state index in [1.54, 1.807) is 6.07 Å². The number of ether oxygens (including phenoxy) is 1. The van der Waals surface area contributed by atoms with Crippen molar-refractivity contribution >= 4 is 33.0 Å². The van der Waals surface area contributed by atoms with Crippen LogP contribution in [0, 0.1) is 17.5 Å². The van der Waals surface area contributed by atoms with Gasteiger partial charge < -0.3 is 9.64 Å². The van der Waals surface area contributed by atoms with Crippen LogP contribution in [-0.2, 0) is 14.8 Å². The molecule has 1 saturated heterocycles. The standard InChI is InChI=1S/C16H14ClF3N2O3S/c17-10-2-1-3-12(16(10)22-6-8-25-9-7-22)21-26(23,24)13-5-4-11(18)14(19)15(13)20/h1-5,21H,6-9H2. The molecule has 0 spiro atoms. The van der Waals surface area contributed by atoms with Crippen LogP contribution in [0.25, 0.3) is 0 Å². The molecule has 0 aliphatic carbocycles. The van der Waals surface area contributed by atoms with E-state index in [9.17, 15) is 21.6 Å². The van der Waals surface area contributed by atoms with Crippen LogP contribution in [0.4, 0.5) is 24.5 Å². The van der Waals surface area contributed by atoms with Crippen molar-refractivity contribution in [3.05, 3.63) is 52.8 Å². The number of rotatable bonds is 4. The first-order chi connectivity index (χ1) is 12.3. The number of morpholine rings is 1. The second-order valence-corrected chi connectivity index (χ2v) is 7.57. The van der Waals surface area contributed by atoms with Gasteiger partial charge >= 0.3 is 0 Å². The largest absolute Gasteiger partial charge is 0.378 e. The molecule has 1 N–H and O–H groups in total. The molecular weight excluding hydrogens is 393 g/mol. The average molecular weight is 407 g/mol. The third kappa shape index (κ3) is 3.60. The molecule has 0 aromatic heterocycles. The summed E-state index contributed by atoms with van der Waals surface area (Å²) >= 11 is 6.21. The van der Waals surface area contributed by atoms with Crippen molar-refractivity contribution in [1.82, 2.24) is 0 Å². The number of nitrogens with one attached hydrogen (secondary N) is 1. The van der Waals surface area contributed by atoms with E-state index in [0.29, 0.717) is 44.1 Å². The Labute approximate surface area is 153 Å². The summed E-state index contributed by atoms with van der Waals surface area (Å²) in [6, 6.07) is 5.77. The molecule has 10 heteroatoms. The first-order valence-electron chi connectivity index (χ1n) is 7.59. The van der Waals surface area contributed by atoms with E-state index in [1.165, 1.54) is 12.1 Å². The number of halogens is 4. The van der Waals surface area contributed by atoms with E-state index in [-0.39, 0.29) is 10.7 Å². The number of hydrogen-bond acceptors (Lipinski definition) is 4. The minimum absolute atomic E-state index is 0.100. The van der Waals surface area contributed by atoms with Crippen molar-refractivity contribution in [2.75, 3.05) is 35.9 Å². The van der Waals surface area contributed by atoms with Gasteiger partial charge in [-0.1, -0.05) is 17.7 Å². The summed E-state index contributed by atoms with van der Waals surface area (Å²) in [6.45, 7) is 1.85. The normalized spacial score (nSPS) is 15.2. The maximum atomic E-state index is 13.9. The fourth-order valence-corrected chi connectivity index (χ4v) is 4.05. The Morgan fingerprint density at radius 1 is 1.04 bits per heavy atom. The molecule has 0 amide bonds. The highest BCUT2D eigenvalue weighted by atomic mass is 35.5. The van der Waals surface area contributed by atoms with Gasteiger partial charge in [0.1, 0.15) is 4.90 Å². The first-order valence-corrected chi connectivity index (χ1v) is 9.45. The van der Waals surface area contributed by atoms with Crippen LogP contribution >= 0.6 is 11.6 Å². The fourth-order valence-electron chi connectivity index (χ4n) is 2.62. The van der Waals surface area contributed by atoms with Gasteiger partial charge in [-0.15, -0.1) is 0 Å². The van der Waals surface area contributed by atoms with Crippen LogP contribution < -0.4 is 9.62 Å². The van der Waals surface area contributed by atoms with Crippen molar-refractivity contribution in [3.8, 4) is 0 Å². The zero-order chi connectivity index (χ0) is 18.9. The monoisotopic (exact) mass is 406 g/mol. The summed E-state index contributed by atoms with van der Waals surface area (Å²) in [5.74, 6) is -5.11. The summed E-state index contributed by atoms with van der Waals surface area (Å²) < 4.78 is 72.9. The molecule has 0 bridgehead atoms. The van der Waals surface area contributed by atoms with Crippen molar-refractivity contribution in [3.63, 3.8) is 0 Å². The molecule has 0 unspecified atom stereocenters. The predicted molar refractivity (Wildman–Crippen MR) is 91.6 cm³/mol. The average Bonchev–Trinajstić information content (AvgIpc) is 2.60. The molecule has 0 radical (unpaired) electrons. The van der Waals surface area contributed by atoms with Crippen LogP contribution in [0.5, 0.6) is 0 Å². The lowest BCUT2D eigenvalue weighted by atomic mass is 10.2. The molecule has 1 fully saturated rings. The number of nitrogens with zero attached hydrogens (tertiary/aromatic N) is 1. The predicted octanol–water partition coefficient (Wildman–Crippen LogP) is 3.39. The van der Waals surface area contributed by atoms with Gasteiger partial charge in [0, 0.05) is 13.1 Å². The molecular formula is C16H14ClF3N2O3S. The smallest absolute Gasteiger partial charge is 0.265 e. The molecule has 26 heavy (non-hydrogen) atoms. The SMILES string of the molecule is O=S(=O)(Nc1cccc(Cl)c1N1CCOCC1)c1ccc(F)c(F)c1F. The molecule has 2 aromatic rings. The summed E-state index contributed by atoms with van der Waals surface area (Å²) in [4.78, 5) is 0.829. The second kappa shape index (κ2) is 7.34. The van der Waals surface area contributed by atoms with E-state index in [0.717, 1.165) is 0 Å². The van der Waals surface area contributed by atoms with Gasteiger partial charge in [0.05, 0.1) is 29.6 Å². The van der Waals surface area contributed by atoms with Crippen LogP contribution in [0.2, 0.25) is 5.02 Å². The van der Waals surface area contributed by atoms with Crippen LogP contribution in [0.3, 0.4) is 0 Å². The highest BCUT2D eigenvalue weighted by molar-refractivity contribution is 7.92. The fraction of sp³-hybridized carbons (Fsp3) is 0.250. The molecule has 1 aliphatic heterocycles. The molecule has 140 valence electrons. The lowest BCUT2D eigenvalue weighted by molar-refractivity contribution is 0.123. The third-order valence-electron chi connectivity index (χ3n) is 3.85. The van der Waals surface area contributed by atoms with Gasteiger partial charge in [0.15, 0.2) is 17.5 Å². The Balaban J connectivity index is 2.01. The van der Waals surface area contributed by atoms with Gasteiger partial charge in [-0.2, -0.15) is 0 Å². The maximum Gasteiger partial charge on any atom is 0.265 e. The second-order valence-electron chi connectivity index (χ2n) is 5.51. The van der Waals surface area contributed by atoms with Gasteiger partial charge in [0.25, 0.3) is 10.0 Å². The van der Waals surface area contributed by atoms with E-state index in [4.69, 9.17) is 16.3 Å². The molecule has 3 rings (SSSR count). The lowest BCUT2D eigenvalue weighted by Gasteiger charge is -2.31. The summed E-state index contributed by atoms with van der Waals surface area (Å²) in [7, 11) is -4.51. The zero-order valence-electron chi connectivity index (χ0n) is 13.3. The summed E-state index contributed by atoms with van der Waals surface area (Å²) in [5, 5.41) is 0.290. The topological polar surface area (TPSA) is 58.6 Å². The minimum Gasteiger partial charge on any atom is -0.378 e. The highest BCUT2D eigenvalue weighted by Crippen LogP contribution is 2.36. The van der Waals surface area contributed by atoms with E-state index < -0.39 is 32.4 Å². The zero-order valence-corrected chi connectivity index (χ0v) is 14.9. The van der Waals surface area contributed by atoms with Gasteiger partial charge in [-0.25, -0.2) is 21.6 Å². The number of benzene rings is 2. The number of para-hydroxylation sites is 1. The maximum absolute atomic E-state index is 13.9. The van der Waals surface area contributed by atoms with Crippen LogP contribution in [0.1, 0.15) is 0 Å². The quantitative estimate of drug-likeness (QED) is 0.791. The van der Waals surface area contributed by atoms with Gasteiger partial charge in [0.2, 0.25) is 0 Å². The van der Waals surface area contributed by atoms with Crippen molar-refractivity contribution < 1.29 is 26.3 Å². The Kier molecular flexibility index (Phi) is 5.31. The van der Waals surface area contributed by atoms with E-state index >= 15 is 0 Å². The highest BCUT2D eigenvalue weighted by Gasteiger charge is 2.26. The summed E-state index contributed by atoms with van der Waals surface area (Å²) in [6.07, 6.45) is 0. The van der Waals surface area contributed by atoms with Crippen LogP contribution in [0.15, 0.2) is 35.2 Å². The van der Waals surface area contributed by atoms with E-state index in [2.05, 4.69) is 4.72 Å².